The van der Waals surface area contributed by atoms with E-state index in [4.69, 9.17) is 0 Å². The maximum atomic E-state index is 13.7. The number of hydrogen-bond donors (Lipinski definition) is 2. The normalized spacial score (nSPS) is 14.6. The molecule has 0 saturated carbocycles. The molecule has 0 aliphatic heterocycles. The second kappa shape index (κ2) is 8.92. The minimum Gasteiger partial charge on any atom is -0.273 e. The highest BCUT2D eigenvalue weighted by Crippen LogP contribution is 2.23. The van der Waals surface area contributed by atoms with Gasteiger partial charge in [0.05, 0.1) is 0 Å². The number of sulfonamides is 1. The Bertz CT molecular complexity index is 785. The third-order valence-corrected chi connectivity index (χ3v) is 5.21. The number of halogens is 1. The Morgan fingerprint density at radius 2 is 1.96 bits per heavy atom. The third-order valence-electron chi connectivity index (χ3n) is 3.90. The van der Waals surface area contributed by atoms with Gasteiger partial charge in [-0.2, -0.15) is 0 Å². The predicted octanol–water partition coefficient (Wildman–Crippen LogP) is 3.51. The van der Waals surface area contributed by atoms with Crippen LogP contribution in [-0.2, 0) is 16.4 Å². The molecule has 1 aromatic carbocycles. The summed E-state index contributed by atoms with van der Waals surface area (Å²) in [6.07, 6.45) is 7.55. The Labute approximate surface area is 148 Å². The van der Waals surface area contributed by atoms with Gasteiger partial charge in [-0.05, 0) is 49.5 Å². The molecule has 25 heavy (non-hydrogen) atoms. The summed E-state index contributed by atoms with van der Waals surface area (Å²) < 4.78 is 37.8. The van der Waals surface area contributed by atoms with E-state index >= 15 is 0 Å². The molecule has 5 nitrogen and oxygen atoms in total. The molecule has 0 atom stereocenters. The number of unbranched alkanes of at least 4 members (excludes halogenated alkanes) is 2. The fraction of sp³-hybridized carbons (Fsp3) is 0.389. The molecule has 2 rings (SSSR count). The average Bonchev–Trinajstić information content (AvgIpc) is 2.60. The summed E-state index contributed by atoms with van der Waals surface area (Å²) in [7, 11) is -4.13. The van der Waals surface area contributed by atoms with E-state index in [2.05, 4.69) is 12.3 Å². The molecule has 0 bridgehead atoms. The number of allylic oxidation sites excluding steroid dienone is 3. The number of hydrazine groups is 1. The molecule has 0 heterocycles. The molecule has 0 saturated heterocycles. The van der Waals surface area contributed by atoms with Crippen molar-refractivity contribution in [3.05, 3.63) is 58.3 Å². The van der Waals surface area contributed by atoms with Gasteiger partial charge in [0.1, 0.15) is 10.7 Å². The largest absolute Gasteiger partial charge is 0.273 e. The second-order valence-corrected chi connectivity index (χ2v) is 7.57. The van der Waals surface area contributed by atoms with Crippen LogP contribution in [0.2, 0.25) is 0 Å². The van der Waals surface area contributed by atoms with Gasteiger partial charge in [0.25, 0.3) is 15.9 Å². The van der Waals surface area contributed by atoms with Crippen LogP contribution in [0.3, 0.4) is 0 Å². The molecule has 0 radical (unpaired) electrons. The second-order valence-electron chi connectivity index (χ2n) is 5.91. The number of aryl methyl sites for hydroxylation is 1. The van der Waals surface area contributed by atoms with Crippen molar-refractivity contribution in [2.75, 3.05) is 0 Å². The lowest BCUT2D eigenvalue weighted by atomic mass is 10.0. The molecule has 1 aliphatic carbocycles. The molecule has 7 heteroatoms. The minimum atomic E-state index is -4.13. The van der Waals surface area contributed by atoms with Crippen molar-refractivity contribution in [1.82, 2.24) is 10.3 Å². The summed E-state index contributed by atoms with van der Waals surface area (Å²) in [5, 5.41) is 0. The summed E-state index contributed by atoms with van der Waals surface area (Å²) in [6, 6.07) is 7.04. The Morgan fingerprint density at radius 3 is 2.68 bits per heavy atom. The highest BCUT2D eigenvalue weighted by Gasteiger charge is 2.24. The Morgan fingerprint density at radius 1 is 1.20 bits per heavy atom. The molecule has 2 N–H and O–H groups in total. The summed E-state index contributed by atoms with van der Waals surface area (Å²) >= 11 is 0. The van der Waals surface area contributed by atoms with E-state index in [9.17, 15) is 17.6 Å². The van der Waals surface area contributed by atoms with Gasteiger partial charge in [-0.1, -0.05) is 38.0 Å². The van der Waals surface area contributed by atoms with Gasteiger partial charge in [0.15, 0.2) is 0 Å². The third kappa shape index (κ3) is 5.51. The lowest BCUT2D eigenvalue weighted by Gasteiger charge is -2.13. The van der Waals surface area contributed by atoms with Crippen LogP contribution < -0.4 is 10.3 Å². The van der Waals surface area contributed by atoms with E-state index in [1.165, 1.54) is 12.2 Å². The van der Waals surface area contributed by atoms with Crippen LogP contribution >= 0.6 is 0 Å². The molecule has 0 fully saturated rings. The predicted molar refractivity (Wildman–Crippen MR) is 95.7 cm³/mol. The van der Waals surface area contributed by atoms with Crippen molar-refractivity contribution in [1.29, 1.82) is 0 Å². The highest BCUT2D eigenvalue weighted by molar-refractivity contribution is 7.93. The van der Waals surface area contributed by atoms with Crippen molar-refractivity contribution in [3.8, 4) is 0 Å². The monoisotopic (exact) mass is 366 g/mol. The molecule has 1 aliphatic rings. The number of benzene rings is 1. The van der Waals surface area contributed by atoms with E-state index < -0.39 is 26.7 Å². The Kier molecular flexibility index (Phi) is 6.90. The molecule has 0 spiro atoms. The number of carbonyl (C=O) groups excluding carboxylic acids is 1. The standard InChI is InChI=1S/C18H23FN2O3S/c1-2-3-4-8-14-9-7-10-15(13-14)18(22)20-21-25(23,24)17-12-6-5-11-16(17)19/h7,9-13,21H,2-6,8H2,1H3,(H,20,22). The van der Waals surface area contributed by atoms with E-state index in [1.54, 1.807) is 18.2 Å². The zero-order valence-corrected chi connectivity index (χ0v) is 15.0. The van der Waals surface area contributed by atoms with E-state index in [0.717, 1.165) is 31.2 Å². The number of hydrogen-bond acceptors (Lipinski definition) is 3. The first-order chi connectivity index (χ1) is 11.9. The van der Waals surface area contributed by atoms with Crippen LogP contribution in [0, 0.1) is 0 Å². The number of nitrogens with one attached hydrogen (secondary N) is 2. The SMILES string of the molecule is CCCCCc1cccc(C(=O)NNS(=O)(=O)C2=CCCC=C2F)c1. The van der Waals surface area contributed by atoms with Crippen molar-refractivity contribution in [2.24, 2.45) is 0 Å². The lowest BCUT2D eigenvalue weighted by Crippen LogP contribution is -2.42. The first-order valence-electron chi connectivity index (χ1n) is 8.41. The maximum Gasteiger partial charge on any atom is 0.266 e. The van der Waals surface area contributed by atoms with Gasteiger partial charge in [0, 0.05) is 5.56 Å². The molecule has 0 aromatic heterocycles. The van der Waals surface area contributed by atoms with Crippen LogP contribution in [0.4, 0.5) is 4.39 Å². The van der Waals surface area contributed by atoms with Gasteiger partial charge in [-0.15, -0.1) is 4.83 Å². The number of rotatable bonds is 8. The summed E-state index contributed by atoms with van der Waals surface area (Å²) in [5.41, 5.74) is 3.51. The molecule has 136 valence electrons. The summed E-state index contributed by atoms with van der Waals surface area (Å²) in [5.74, 6) is -1.38. The van der Waals surface area contributed by atoms with Crippen molar-refractivity contribution < 1.29 is 17.6 Å². The van der Waals surface area contributed by atoms with Gasteiger partial charge in [0.2, 0.25) is 0 Å². The fourth-order valence-corrected chi connectivity index (χ4v) is 3.56. The average molecular weight is 366 g/mol. The topological polar surface area (TPSA) is 75.3 Å². The maximum absolute atomic E-state index is 13.7. The zero-order valence-electron chi connectivity index (χ0n) is 14.2. The van der Waals surface area contributed by atoms with Crippen LogP contribution in [0.15, 0.2) is 47.1 Å². The summed E-state index contributed by atoms with van der Waals surface area (Å²) in [4.78, 5) is 13.7. The Balaban J connectivity index is 1.99. The highest BCUT2D eigenvalue weighted by atomic mass is 32.2. The Hall–Kier alpha value is -1.99. The van der Waals surface area contributed by atoms with Crippen molar-refractivity contribution in [2.45, 2.75) is 45.4 Å². The molecule has 1 amide bonds. The summed E-state index contributed by atoms with van der Waals surface area (Å²) in [6.45, 7) is 2.12. The first-order valence-corrected chi connectivity index (χ1v) is 9.89. The van der Waals surface area contributed by atoms with Crippen LogP contribution in [0.5, 0.6) is 0 Å². The van der Waals surface area contributed by atoms with Gasteiger partial charge in [-0.3, -0.25) is 10.2 Å². The van der Waals surface area contributed by atoms with Gasteiger partial charge < -0.3 is 0 Å². The zero-order chi connectivity index (χ0) is 18.3. The number of carbonyl (C=O) groups is 1. The van der Waals surface area contributed by atoms with Crippen LogP contribution in [0.25, 0.3) is 0 Å². The van der Waals surface area contributed by atoms with E-state index in [-0.39, 0.29) is 0 Å². The first kappa shape index (κ1) is 19.3. The van der Waals surface area contributed by atoms with Crippen LogP contribution in [0.1, 0.15) is 54.9 Å². The minimum absolute atomic E-state index is 0.352. The van der Waals surface area contributed by atoms with Gasteiger partial charge in [-0.25, -0.2) is 12.8 Å². The van der Waals surface area contributed by atoms with E-state index in [0.29, 0.717) is 18.4 Å². The van der Waals surface area contributed by atoms with Crippen molar-refractivity contribution >= 4 is 15.9 Å². The molecule has 1 aromatic rings. The van der Waals surface area contributed by atoms with E-state index in [1.807, 2.05) is 10.9 Å². The molecular weight excluding hydrogens is 343 g/mol. The smallest absolute Gasteiger partial charge is 0.266 e. The molecule has 0 unspecified atom stereocenters. The van der Waals surface area contributed by atoms with Crippen LogP contribution in [-0.4, -0.2) is 14.3 Å². The fourth-order valence-electron chi connectivity index (χ4n) is 2.55. The number of amides is 1. The quantitative estimate of drug-likeness (QED) is 0.546. The van der Waals surface area contributed by atoms with Gasteiger partial charge >= 0.3 is 0 Å². The lowest BCUT2D eigenvalue weighted by molar-refractivity contribution is 0.0945. The molecular formula is C18H23FN2O3S. The van der Waals surface area contributed by atoms with Crippen molar-refractivity contribution in [3.63, 3.8) is 0 Å².